The van der Waals surface area contributed by atoms with Crippen molar-refractivity contribution in [3.8, 4) is 11.6 Å². The number of carbonyl (C=O) groups excluding carboxylic acids is 1. The number of hydrogen-bond acceptors (Lipinski definition) is 5. The molecule has 1 atom stereocenters. The number of nitrogens with zero attached hydrogens (tertiary/aromatic N) is 3. The first-order valence-electron chi connectivity index (χ1n) is 9.38. The largest absolute Gasteiger partial charge is 0.488 e. The molecule has 1 fully saturated rings. The Balaban J connectivity index is 1.47. The molecule has 0 radical (unpaired) electrons. The summed E-state index contributed by atoms with van der Waals surface area (Å²) in [5.74, 6) is 1.26. The first-order chi connectivity index (χ1) is 13.7. The van der Waals surface area contributed by atoms with Gasteiger partial charge in [-0.1, -0.05) is 13.0 Å². The zero-order chi connectivity index (χ0) is 19.3. The summed E-state index contributed by atoms with van der Waals surface area (Å²) in [4.78, 5) is 17.1. The van der Waals surface area contributed by atoms with Crippen LogP contribution in [-0.2, 0) is 11.2 Å². The van der Waals surface area contributed by atoms with Crippen molar-refractivity contribution in [3.05, 3.63) is 66.1 Å². The zero-order valence-corrected chi connectivity index (χ0v) is 15.7. The summed E-state index contributed by atoms with van der Waals surface area (Å²) in [6.45, 7) is 3.36. The summed E-state index contributed by atoms with van der Waals surface area (Å²) < 4.78 is 12.9. The lowest BCUT2D eigenvalue weighted by Crippen LogP contribution is -2.16. The average molecular weight is 378 g/mol. The molecule has 1 amide bonds. The van der Waals surface area contributed by atoms with Crippen LogP contribution in [0.5, 0.6) is 5.75 Å². The molecular formula is C21H22N4O3. The van der Waals surface area contributed by atoms with E-state index in [1.165, 1.54) is 0 Å². The van der Waals surface area contributed by atoms with Crippen LogP contribution in [0.25, 0.3) is 5.82 Å². The zero-order valence-electron chi connectivity index (χ0n) is 15.7. The van der Waals surface area contributed by atoms with Crippen molar-refractivity contribution in [2.75, 3.05) is 18.5 Å². The summed E-state index contributed by atoms with van der Waals surface area (Å²) in [7, 11) is 0. The minimum absolute atomic E-state index is 0.102. The van der Waals surface area contributed by atoms with Crippen LogP contribution in [0.3, 0.4) is 0 Å². The topological polar surface area (TPSA) is 78.3 Å². The monoisotopic (exact) mass is 378 g/mol. The lowest BCUT2D eigenvalue weighted by atomic mass is 10.2. The van der Waals surface area contributed by atoms with Crippen molar-refractivity contribution in [2.24, 2.45) is 0 Å². The maximum absolute atomic E-state index is 12.8. The minimum atomic E-state index is -0.197. The van der Waals surface area contributed by atoms with Crippen LogP contribution in [0.15, 0.2) is 54.9 Å². The molecule has 0 aliphatic carbocycles. The van der Waals surface area contributed by atoms with Crippen LogP contribution in [-0.4, -0.2) is 40.0 Å². The van der Waals surface area contributed by atoms with Gasteiger partial charge in [0.2, 0.25) is 0 Å². The van der Waals surface area contributed by atoms with Gasteiger partial charge in [0, 0.05) is 18.3 Å². The van der Waals surface area contributed by atoms with Crippen LogP contribution >= 0.6 is 0 Å². The number of amides is 1. The molecule has 1 aliphatic heterocycles. The molecule has 0 saturated carbocycles. The third-order valence-electron chi connectivity index (χ3n) is 4.62. The molecule has 0 spiro atoms. The number of carbonyl (C=O) groups is 1. The molecule has 1 saturated heterocycles. The Morgan fingerprint density at radius 3 is 2.82 bits per heavy atom. The lowest BCUT2D eigenvalue weighted by molar-refractivity contribution is 0.102. The van der Waals surface area contributed by atoms with Gasteiger partial charge < -0.3 is 14.8 Å². The van der Waals surface area contributed by atoms with E-state index < -0.39 is 0 Å². The molecular weight excluding hydrogens is 356 g/mol. The number of rotatable bonds is 6. The highest BCUT2D eigenvalue weighted by atomic mass is 16.5. The summed E-state index contributed by atoms with van der Waals surface area (Å²) in [6, 6.07) is 13.0. The maximum atomic E-state index is 12.8. The molecule has 7 heteroatoms. The molecule has 0 unspecified atom stereocenters. The molecule has 7 nitrogen and oxygen atoms in total. The van der Waals surface area contributed by atoms with Gasteiger partial charge in [-0.15, -0.1) is 0 Å². The molecule has 3 aromatic rings. The number of aromatic nitrogens is 3. The van der Waals surface area contributed by atoms with Crippen LogP contribution in [0.2, 0.25) is 0 Å². The molecule has 3 heterocycles. The smallest absolute Gasteiger partial charge is 0.259 e. The quantitative estimate of drug-likeness (QED) is 0.712. The van der Waals surface area contributed by atoms with Crippen LogP contribution in [0.1, 0.15) is 29.4 Å². The second-order valence-corrected chi connectivity index (χ2v) is 6.54. The molecule has 4 rings (SSSR count). The first-order valence-corrected chi connectivity index (χ1v) is 9.38. The predicted molar refractivity (Wildman–Crippen MR) is 105 cm³/mol. The van der Waals surface area contributed by atoms with E-state index in [1.807, 2.05) is 49.4 Å². The average Bonchev–Trinajstić information content (AvgIpc) is 3.39. The normalized spacial score (nSPS) is 16.1. The van der Waals surface area contributed by atoms with Crippen molar-refractivity contribution in [3.63, 3.8) is 0 Å². The van der Waals surface area contributed by atoms with Crippen molar-refractivity contribution in [1.29, 1.82) is 0 Å². The Labute approximate surface area is 163 Å². The molecule has 144 valence electrons. The third kappa shape index (κ3) is 3.89. The van der Waals surface area contributed by atoms with E-state index in [0.717, 1.165) is 24.5 Å². The fourth-order valence-electron chi connectivity index (χ4n) is 3.19. The molecule has 0 bridgehead atoms. The fourth-order valence-corrected chi connectivity index (χ4v) is 3.19. The van der Waals surface area contributed by atoms with Gasteiger partial charge in [-0.2, -0.15) is 5.10 Å². The number of nitrogens with one attached hydrogen (secondary N) is 1. The van der Waals surface area contributed by atoms with Crippen LogP contribution in [0.4, 0.5) is 5.69 Å². The third-order valence-corrected chi connectivity index (χ3v) is 4.62. The van der Waals surface area contributed by atoms with Gasteiger partial charge in [0.25, 0.3) is 5.91 Å². The highest BCUT2D eigenvalue weighted by Crippen LogP contribution is 2.21. The van der Waals surface area contributed by atoms with Gasteiger partial charge in [-0.3, -0.25) is 4.79 Å². The van der Waals surface area contributed by atoms with E-state index in [-0.39, 0.29) is 12.0 Å². The molecule has 28 heavy (non-hydrogen) atoms. The summed E-state index contributed by atoms with van der Waals surface area (Å²) in [6.07, 6.45) is 4.96. The standard InChI is InChI=1S/C21H22N4O3/c1-2-19-18(13-23-25(19)20-5-3-4-11-22-20)21(26)24-15-6-8-16(9-7-15)28-17-10-12-27-14-17/h3-9,11,13,17H,2,10,12,14H2,1H3,(H,24,26)/t17-/m1/s1. The summed E-state index contributed by atoms with van der Waals surface area (Å²) in [5, 5.41) is 7.28. The Morgan fingerprint density at radius 1 is 1.29 bits per heavy atom. The Bertz CT molecular complexity index is 932. The van der Waals surface area contributed by atoms with Gasteiger partial charge in [-0.25, -0.2) is 9.67 Å². The van der Waals surface area contributed by atoms with E-state index in [4.69, 9.17) is 9.47 Å². The number of pyridine rings is 1. The predicted octanol–water partition coefficient (Wildman–Crippen LogP) is 3.25. The van der Waals surface area contributed by atoms with E-state index >= 15 is 0 Å². The van der Waals surface area contributed by atoms with E-state index in [0.29, 0.717) is 30.1 Å². The van der Waals surface area contributed by atoms with Crippen LogP contribution in [0, 0.1) is 0 Å². The van der Waals surface area contributed by atoms with Crippen molar-refractivity contribution < 1.29 is 14.3 Å². The summed E-state index contributed by atoms with van der Waals surface area (Å²) in [5.41, 5.74) is 2.06. The number of ether oxygens (including phenoxy) is 2. The SMILES string of the molecule is CCc1c(C(=O)Nc2ccc(O[C@@H]3CCOC3)cc2)cnn1-c1ccccn1. The van der Waals surface area contributed by atoms with Gasteiger partial charge >= 0.3 is 0 Å². The van der Waals surface area contributed by atoms with Crippen molar-refractivity contribution in [2.45, 2.75) is 25.9 Å². The van der Waals surface area contributed by atoms with Crippen molar-refractivity contribution in [1.82, 2.24) is 14.8 Å². The molecule has 1 aromatic carbocycles. The Hall–Kier alpha value is -3.19. The van der Waals surface area contributed by atoms with Gasteiger partial charge in [-0.05, 0) is 42.8 Å². The van der Waals surface area contributed by atoms with Crippen molar-refractivity contribution >= 4 is 11.6 Å². The maximum Gasteiger partial charge on any atom is 0.259 e. The summed E-state index contributed by atoms with van der Waals surface area (Å²) >= 11 is 0. The van der Waals surface area contributed by atoms with E-state index in [2.05, 4.69) is 15.4 Å². The number of anilines is 1. The Kier molecular flexibility index (Phi) is 5.34. The number of hydrogen-bond donors (Lipinski definition) is 1. The second-order valence-electron chi connectivity index (χ2n) is 6.54. The highest BCUT2D eigenvalue weighted by molar-refractivity contribution is 6.05. The van der Waals surface area contributed by atoms with E-state index in [9.17, 15) is 4.79 Å². The molecule has 1 N–H and O–H groups in total. The minimum Gasteiger partial charge on any atom is -0.488 e. The van der Waals surface area contributed by atoms with Gasteiger partial charge in [0.05, 0.1) is 30.7 Å². The first kappa shape index (κ1) is 18.2. The van der Waals surface area contributed by atoms with E-state index in [1.54, 1.807) is 17.1 Å². The molecule has 1 aliphatic rings. The second kappa shape index (κ2) is 8.22. The van der Waals surface area contributed by atoms with Gasteiger partial charge in [0.15, 0.2) is 5.82 Å². The lowest BCUT2D eigenvalue weighted by Gasteiger charge is -2.12. The number of benzene rings is 1. The van der Waals surface area contributed by atoms with Gasteiger partial charge in [0.1, 0.15) is 11.9 Å². The Morgan fingerprint density at radius 2 is 2.14 bits per heavy atom. The highest BCUT2D eigenvalue weighted by Gasteiger charge is 2.19. The molecule has 2 aromatic heterocycles. The van der Waals surface area contributed by atoms with Crippen LogP contribution < -0.4 is 10.1 Å². The fraction of sp³-hybridized carbons (Fsp3) is 0.286.